The average molecular weight is 296 g/mol. The summed E-state index contributed by atoms with van der Waals surface area (Å²) in [4.78, 5) is 28.4. The minimum Gasteiger partial charge on any atom is -0.466 e. The van der Waals surface area contributed by atoms with Crippen LogP contribution in [0.15, 0.2) is 0 Å². The first-order chi connectivity index (χ1) is 10.2. The zero-order valence-corrected chi connectivity index (χ0v) is 13.2. The summed E-state index contributed by atoms with van der Waals surface area (Å²) in [6, 6.07) is 0. The van der Waals surface area contributed by atoms with Crippen LogP contribution in [0.25, 0.3) is 0 Å². The lowest BCUT2D eigenvalue weighted by Gasteiger charge is -2.32. The third kappa shape index (κ3) is 4.99. The molecule has 2 heterocycles. The number of carbonyl (C=O) groups is 2. The Morgan fingerprint density at radius 1 is 1.10 bits per heavy atom. The molecule has 2 aliphatic rings. The van der Waals surface area contributed by atoms with Crippen LogP contribution in [-0.2, 0) is 14.3 Å². The molecule has 2 aliphatic heterocycles. The Morgan fingerprint density at radius 2 is 1.86 bits per heavy atom. The van der Waals surface area contributed by atoms with Crippen molar-refractivity contribution in [1.29, 1.82) is 0 Å². The highest BCUT2D eigenvalue weighted by Gasteiger charge is 2.29. The SMILES string of the molecule is CCOC(=O)C1CCCN(C(=O)CCN2CCCCC2)C1. The van der Waals surface area contributed by atoms with Crippen molar-refractivity contribution < 1.29 is 14.3 Å². The van der Waals surface area contributed by atoms with E-state index in [1.807, 2.05) is 11.8 Å². The third-order valence-corrected chi connectivity index (χ3v) is 4.48. The molecule has 2 fully saturated rings. The Morgan fingerprint density at radius 3 is 2.57 bits per heavy atom. The van der Waals surface area contributed by atoms with E-state index in [9.17, 15) is 9.59 Å². The van der Waals surface area contributed by atoms with Gasteiger partial charge in [-0.25, -0.2) is 0 Å². The van der Waals surface area contributed by atoms with Gasteiger partial charge >= 0.3 is 5.97 Å². The van der Waals surface area contributed by atoms with Gasteiger partial charge in [-0.1, -0.05) is 6.42 Å². The molecule has 0 aromatic carbocycles. The van der Waals surface area contributed by atoms with Crippen molar-refractivity contribution in [3.05, 3.63) is 0 Å². The van der Waals surface area contributed by atoms with Gasteiger partial charge in [-0.05, 0) is 45.7 Å². The van der Waals surface area contributed by atoms with Crippen LogP contribution in [-0.4, -0.2) is 61.0 Å². The highest BCUT2D eigenvalue weighted by atomic mass is 16.5. The van der Waals surface area contributed by atoms with Gasteiger partial charge in [0.2, 0.25) is 5.91 Å². The lowest BCUT2D eigenvalue weighted by atomic mass is 9.98. The van der Waals surface area contributed by atoms with Crippen molar-refractivity contribution in [2.24, 2.45) is 5.92 Å². The van der Waals surface area contributed by atoms with Gasteiger partial charge in [-0.3, -0.25) is 9.59 Å². The lowest BCUT2D eigenvalue weighted by molar-refractivity contribution is -0.151. The van der Waals surface area contributed by atoms with E-state index < -0.39 is 0 Å². The van der Waals surface area contributed by atoms with Gasteiger partial charge in [-0.2, -0.15) is 0 Å². The van der Waals surface area contributed by atoms with E-state index >= 15 is 0 Å². The van der Waals surface area contributed by atoms with Gasteiger partial charge in [0.05, 0.1) is 12.5 Å². The minimum absolute atomic E-state index is 0.127. The van der Waals surface area contributed by atoms with E-state index in [0.717, 1.165) is 39.0 Å². The number of rotatable bonds is 5. The average Bonchev–Trinajstić information content (AvgIpc) is 2.54. The molecule has 1 amide bonds. The molecule has 0 saturated carbocycles. The third-order valence-electron chi connectivity index (χ3n) is 4.48. The molecule has 0 aromatic rings. The van der Waals surface area contributed by atoms with Crippen molar-refractivity contribution in [3.8, 4) is 0 Å². The molecule has 2 rings (SSSR count). The predicted molar refractivity (Wildman–Crippen MR) is 80.8 cm³/mol. The van der Waals surface area contributed by atoms with E-state index in [-0.39, 0.29) is 17.8 Å². The highest BCUT2D eigenvalue weighted by Crippen LogP contribution is 2.19. The highest BCUT2D eigenvalue weighted by molar-refractivity contribution is 5.78. The number of esters is 1. The summed E-state index contributed by atoms with van der Waals surface area (Å²) in [6.07, 6.45) is 6.15. The first kappa shape index (κ1) is 16.3. The molecule has 21 heavy (non-hydrogen) atoms. The van der Waals surface area contributed by atoms with Crippen LogP contribution < -0.4 is 0 Å². The van der Waals surface area contributed by atoms with E-state index in [1.54, 1.807) is 0 Å². The second-order valence-corrected chi connectivity index (χ2v) is 6.08. The number of piperidine rings is 2. The van der Waals surface area contributed by atoms with E-state index in [2.05, 4.69) is 4.90 Å². The lowest BCUT2D eigenvalue weighted by Crippen LogP contribution is -2.44. The zero-order chi connectivity index (χ0) is 15.1. The largest absolute Gasteiger partial charge is 0.466 e. The van der Waals surface area contributed by atoms with Crippen molar-refractivity contribution in [1.82, 2.24) is 9.80 Å². The Labute approximate surface area is 127 Å². The van der Waals surface area contributed by atoms with Gasteiger partial charge in [0.25, 0.3) is 0 Å². The quantitative estimate of drug-likeness (QED) is 0.724. The maximum Gasteiger partial charge on any atom is 0.310 e. The van der Waals surface area contributed by atoms with Gasteiger partial charge < -0.3 is 14.5 Å². The molecule has 120 valence electrons. The summed E-state index contributed by atoms with van der Waals surface area (Å²) in [7, 11) is 0. The zero-order valence-electron chi connectivity index (χ0n) is 13.2. The number of ether oxygens (including phenoxy) is 1. The molecular weight excluding hydrogens is 268 g/mol. The van der Waals surface area contributed by atoms with Crippen LogP contribution in [0.3, 0.4) is 0 Å². The standard InChI is InChI=1S/C16H28N2O3/c1-2-21-16(20)14-7-6-11-18(13-14)15(19)8-12-17-9-4-3-5-10-17/h14H,2-13H2,1H3. The summed E-state index contributed by atoms with van der Waals surface area (Å²) < 4.78 is 5.08. The normalized spacial score (nSPS) is 23.9. The fourth-order valence-electron chi connectivity index (χ4n) is 3.25. The maximum atomic E-state index is 12.3. The fourth-order valence-corrected chi connectivity index (χ4v) is 3.25. The molecule has 0 aliphatic carbocycles. The second kappa shape index (κ2) is 8.37. The summed E-state index contributed by atoms with van der Waals surface area (Å²) >= 11 is 0. The molecule has 0 aromatic heterocycles. The van der Waals surface area contributed by atoms with Gasteiger partial charge in [0.1, 0.15) is 0 Å². The Bertz CT molecular complexity index is 353. The molecule has 2 saturated heterocycles. The number of amides is 1. The van der Waals surface area contributed by atoms with Crippen LogP contribution in [0.4, 0.5) is 0 Å². The predicted octanol–water partition coefficient (Wildman–Crippen LogP) is 1.66. The van der Waals surface area contributed by atoms with Crippen LogP contribution in [0.1, 0.15) is 45.4 Å². The Kier molecular flexibility index (Phi) is 6.49. The molecular formula is C16H28N2O3. The van der Waals surface area contributed by atoms with Crippen molar-refractivity contribution >= 4 is 11.9 Å². The van der Waals surface area contributed by atoms with Gasteiger partial charge in [-0.15, -0.1) is 0 Å². The van der Waals surface area contributed by atoms with E-state index in [1.165, 1.54) is 19.3 Å². The maximum absolute atomic E-state index is 12.3. The van der Waals surface area contributed by atoms with Crippen LogP contribution >= 0.6 is 0 Å². The van der Waals surface area contributed by atoms with Crippen LogP contribution in [0.5, 0.6) is 0 Å². The van der Waals surface area contributed by atoms with Crippen molar-refractivity contribution in [2.45, 2.75) is 45.4 Å². The molecule has 5 nitrogen and oxygen atoms in total. The first-order valence-corrected chi connectivity index (χ1v) is 8.37. The number of hydrogen-bond acceptors (Lipinski definition) is 4. The molecule has 1 atom stereocenters. The number of carbonyl (C=O) groups excluding carboxylic acids is 2. The summed E-state index contributed by atoms with van der Waals surface area (Å²) in [5.41, 5.74) is 0. The molecule has 0 radical (unpaired) electrons. The topological polar surface area (TPSA) is 49.9 Å². The molecule has 0 spiro atoms. The second-order valence-electron chi connectivity index (χ2n) is 6.08. The first-order valence-electron chi connectivity index (χ1n) is 8.37. The molecule has 1 unspecified atom stereocenters. The van der Waals surface area contributed by atoms with E-state index in [0.29, 0.717) is 19.6 Å². The van der Waals surface area contributed by atoms with Crippen molar-refractivity contribution in [2.75, 3.05) is 39.3 Å². The minimum atomic E-state index is -0.147. The van der Waals surface area contributed by atoms with E-state index in [4.69, 9.17) is 4.74 Å². The molecule has 5 heteroatoms. The van der Waals surface area contributed by atoms with Crippen LogP contribution in [0, 0.1) is 5.92 Å². The van der Waals surface area contributed by atoms with Crippen LogP contribution in [0.2, 0.25) is 0 Å². The molecule has 0 N–H and O–H groups in total. The fraction of sp³-hybridized carbons (Fsp3) is 0.875. The molecule has 0 bridgehead atoms. The number of likely N-dealkylation sites (tertiary alicyclic amines) is 2. The summed E-state index contributed by atoms with van der Waals surface area (Å²) in [5.74, 6) is -0.0850. The number of hydrogen-bond donors (Lipinski definition) is 0. The monoisotopic (exact) mass is 296 g/mol. The van der Waals surface area contributed by atoms with Gasteiger partial charge in [0.15, 0.2) is 0 Å². The van der Waals surface area contributed by atoms with Gasteiger partial charge in [0, 0.05) is 26.1 Å². The Balaban J connectivity index is 1.74. The van der Waals surface area contributed by atoms with Crippen molar-refractivity contribution in [3.63, 3.8) is 0 Å². The smallest absolute Gasteiger partial charge is 0.310 e. The summed E-state index contributed by atoms with van der Waals surface area (Å²) in [5, 5.41) is 0. The summed E-state index contributed by atoms with van der Waals surface area (Å²) in [6.45, 7) is 6.67. The number of nitrogens with zero attached hydrogens (tertiary/aromatic N) is 2. The Hall–Kier alpha value is -1.10.